The summed E-state index contributed by atoms with van der Waals surface area (Å²) in [5, 5.41) is 0. The molecule has 2 aliphatic heterocycles. The van der Waals surface area contributed by atoms with Gasteiger partial charge in [-0.05, 0) is 44.8 Å². The van der Waals surface area contributed by atoms with E-state index in [1.54, 1.807) is 0 Å². The largest absolute Gasteiger partial charge is 0.340 e. The number of likely N-dealkylation sites (tertiary alicyclic amines) is 1. The van der Waals surface area contributed by atoms with Crippen molar-refractivity contribution in [3.05, 3.63) is 35.4 Å². The van der Waals surface area contributed by atoms with Gasteiger partial charge in [0.1, 0.15) is 0 Å². The molecular weight excluding hydrogens is 326 g/mol. The van der Waals surface area contributed by atoms with Gasteiger partial charge in [-0.1, -0.05) is 29.8 Å². The average Bonchev–Trinajstić information content (AvgIpc) is 3.09. The number of benzene rings is 1. The molecule has 0 saturated carbocycles. The van der Waals surface area contributed by atoms with Crippen LogP contribution in [0.2, 0.25) is 0 Å². The second-order valence-electron chi connectivity index (χ2n) is 7.55. The number of rotatable bonds is 6. The van der Waals surface area contributed by atoms with Gasteiger partial charge < -0.3 is 14.7 Å². The van der Waals surface area contributed by atoms with Crippen LogP contribution >= 0.6 is 0 Å². The molecule has 0 spiro atoms. The highest BCUT2D eigenvalue weighted by atomic mass is 16.2. The van der Waals surface area contributed by atoms with E-state index in [9.17, 15) is 9.59 Å². The van der Waals surface area contributed by atoms with E-state index in [0.29, 0.717) is 32.5 Å². The topological polar surface area (TPSA) is 43.9 Å². The molecule has 0 radical (unpaired) electrons. The summed E-state index contributed by atoms with van der Waals surface area (Å²) in [6.07, 6.45) is 4.29. The first kappa shape index (κ1) is 18.9. The second-order valence-corrected chi connectivity index (χ2v) is 7.55. The molecule has 2 aliphatic rings. The zero-order valence-corrected chi connectivity index (χ0v) is 16.0. The van der Waals surface area contributed by atoms with Crippen molar-refractivity contribution in [2.45, 2.75) is 39.0 Å². The Morgan fingerprint density at radius 2 is 1.69 bits per heavy atom. The molecule has 1 aromatic rings. The summed E-state index contributed by atoms with van der Waals surface area (Å²) in [7, 11) is 0. The third-order valence-electron chi connectivity index (χ3n) is 5.57. The summed E-state index contributed by atoms with van der Waals surface area (Å²) in [5.74, 6) is 0.359. The standard InChI is InChI=1S/C21H31N3O2/c1-18-4-6-19(7-5-18)8-9-20(25)23-13-10-21(26)24(17-16-23)15-14-22-11-2-3-12-22/h4-7H,2-3,8-17H2,1H3. The van der Waals surface area contributed by atoms with Crippen molar-refractivity contribution >= 4 is 11.8 Å². The summed E-state index contributed by atoms with van der Waals surface area (Å²) in [6, 6.07) is 8.36. The van der Waals surface area contributed by atoms with Gasteiger partial charge >= 0.3 is 0 Å². The molecule has 26 heavy (non-hydrogen) atoms. The van der Waals surface area contributed by atoms with E-state index in [-0.39, 0.29) is 11.8 Å². The lowest BCUT2D eigenvalue weighted by Gasteiger charge is -2.24. The Balaban J connectivity index is 1.44. The minimum absolute atomic E-state index is 0.166. The van der Waals surface area contributed by atoms with Gasteiger partial charge in [-0.15, -0.1) is 0 Å². The molecule has 0 bridgehead atoms. The molecule has 2 saturated heterocycles. The van der Waals surface area contributed by atoms with Crippen molar-refractivity contribution in [1.29, 1.82) is 0 Å². The van der Waals surface area contributed by atoms with Crippen LogP contribution in [-0.4, -0.2) is 72.3 Å². The molecule has 1 aromatic carbocycles. The van der Waals surface area contributed by atoms with Crippen molar-refractivity contribution in [2.24, 2.45) is 0 Å². The second kappa shape index (κ2) is 9.17. The van der Waals surface area contributed by atoms with Crippen LogP contribution in [0.1, 0.15) is 36.8 Å². The Bertz CT molecular complexity index is 608. The van der Waals surface area contributed by atoms with Crippen molar-refractivity contribution in [1.82, 2.24) is 14.7 Å². The summed E-state index contributed by atoms with van der Waals surface area (Å²) in [6.45, 7) is 8.04. The van der Waals surface area contributed by atoms with Gasteiger partial charge in [-0.2, -0.15) is 0 Å². The number of hydrogen-bond donors (Lipinski definition) is 0. The van der Waals surface area contributed by atoms with E-state index in [1.165, 1.54) is 24.0 Å². The van der Waals surface area contributed by atoms with E-state index in [4.69, 9.17) is 0 Å². The summed E-state index contributed by atoms with van der Waals surface area (Å²) < 4.78 is 0. The van der Waals surface area contributed by atoms with E-state index < -0.39 is 0 Å². The Hall–Kier alpha value is -1.88. The molecule has 3 rings (SSSR count). The summed E-state index contributed by atoms with van der Waals surface area (Å²) >= 11 is 0. The molecule has 142 valence electrons. The fraction of sp³-hybridized carbons (Fsp3) is 0.619. The molecule has 0 aromatic heterocycles. The Labute approximate surface area is 156 Å². The highest BCUT2D eigenvalue weighted by Crippen LogP contribution is 2.11. The van der Waals surface area contributed by atoms with Crippen molar-refractivity contribution < 1.29 is 9.59 Å². The van der Waals surface area contributed by atoms with Crippen LogP contribution < -0.4 is 0 Å². The van der Waals surface area contributed by atoms with Crippen LogP contribution in [0.15, 0.2) is 24.3 Å². The van der Waals surface area contributed by atoms with Crippen LogP contribution in [0, 0.1) is 6.92 Å². The summed E-state index contributed by atoms with van der Waals surface area (Å²) in [5.41, 5.74) is 2.43. The first-order chi connectivity index (χ1) is 12.6. The van der Waals surface area contributed by atoms with E-state index in [1.807, 2.05) is 9.80 Å². The van der Waals surface area contributed by atoms with Crippen molar-refractivity contribution in [3.63, 3.8) is 0 Å². The quantitative estimate of drug-likeness (QED) is 0.783. The third-order valence-corrected chi connectivity index (χ3v) is 5.57. The highest BCUT2D eigenvalue weighted by molar-refractivity contribution is 5.80. The van der Waals surface area contributed by atoms with E-state index in [2.05, 4.69) is 36.1 Å². The Kier molecular flexibility index (Phi) is 6.67. The lowest BCUT2D eigenvalue weighted by Crippen LogP contribution is -2.39. The zero-order valence-electron chi connectivity index (χ0n) is 16.0. The highest BCUT2D eigenvalue weighted by Gasteiger charge is 2.24. The number of amides is 2. The molecule has 2 amide bonds. The molecule has 0 unspecified atom stereocenters. The number of nitrogens with zero attached hydrogens (tertiary/aromatic N) is 3. The number of carbonyl (C=O) groups excluding carboxylic acids is 2. The Morgan fingerprint density at radius 1 is 0.962 bits per heavy atom. The van der Waals surface area contributed by atoms with Gasteiger partial charge in [-0.3, -0.25) is 9.59 Å². The monoisotopic (exact) mass is 357 g/mol. The van der Waals surface area contributed by atoms with E-state index in [0.717, 1.165) is 32.6 Å². The zero-order chi connectivity index (χ0) is 18.4. The van der Waals surface area contributed by atoms with Crippen LogP contribution in [0.25, 0.3) is 0 Å². The lowest BCUT2D eigenvalue weighted by molar-refractivity contribution is -0.131. The molecule has 5 heteroatoms. The average molecular weight is 357 g/mol. The maximum absolute atomic E-state index is 12.6. The van der Waals surface area contributed by atoms with Crippen LogP contribution in [0.5, 0.6) is 0 Å². The third kappa shape index (κ3) is 5.31. The minimum atomic E-state index is 0.166. The maximum atomic E-state index is 12.6. The number of hydrogen-bond acceptors (Lipinski definition) is 3. The van der Waals surface area contributed by atoms with Gasteiger partial charge in [-0.25, -0.2) is 0 Å². The predicted molar refractivity (Wildman–Crippen MR) is 103 cm³/mol. The SMILES string of the molecule is Cc1ccc(CCC(=O)N2CCC(=O)N(CCN3CCCC3)CC2)cc1. The van der Waals surface area contributed by atoms with Gasteiger partial charge in [0.25, 0.3) is 0 Å². The normalized spacial score (nSPS) is 19.0. The van der Waals surface area contributed by atoms with Gasteiger partial charge in [0.05, 0.1) is 0 Å². The smallest absolute Gasteiger partial charge is 0.224 e. The summed E-state index contributed by atoms with van der Waals surface area (Å²) in [4.78, 5) is 31.2. The molecule has 2 heterocycles. The molecular formula is C21H31N3O2. The molecule has 5 nitrogen and oxygen atoms in total. The predicted octanol–water partition coefficient (Wildman–Crippen LogP) is 2.08. The van der Waals surface area contributed by atoms with Crippen LogP contribution in [0.3, 0.4) is 0 Å². The fourth-order valence-electron chi connectivity index (χ4n) is 3.79. The van der Waals surface area contributed by atoms with Crippen molar-refractivity contribution in [2.75, 3.05) is 45.8 Å². The van der Waals surface area contributed by atoms with Gasteiger partial charge in [0.15, 0.2) is 0 Å². The van der Waals surface area contributed by atoms with E-state index >= 15 is 0 Å². The first-order valence-corrected chi connectivity index (χ1v) is 9.95. The molecule has 0 atom stereocenters. The van der Waals surface area contributed by atoms with Gasteiger partial charge in [0.2, 0.25) is 11.8 Å². The molecule has 2 fully saturated rings. The van der Waals surface area contributed by atoms with Gasteiger partial charge in [0, 0.05) is 45.6 Å². The molecule has 0 N–H and O–H groups in total. The van der Waals surface area contributed by atoms with Crippen molar-refractivity contribution in [3.8, 4) is 0 Å². The molecule has 0 aliphatic carbocycles. The van der Waals surface area contributed by atoms with Crippen LogP contribution in [-0.2, 0) is 16.0 Å². The minimum Gasteiger partial charge on any atom is -0.340 e. The number of carbonyl (C=O) groups is 2. The number of aryl methyl sites for hydroxylation is 2. The first-order valence-electron chi connectivity index (χ1n) is 9.95. The fourth-order valence-corrected chi connectivity index (χ4v) is 3.79. The Morgan fingerprint density at radius 3 is 2.42 bits per heavy atom. The maximum Gasteiger partial charge on any atom is 0.224 e. The lowest BCUT2D eigenvalue weighted by atomic mass is 10.1. The van der Waals surface area contributed by atoms with Crippen LogP contribution in [0.4, 0.5) is 0 Å².